The number of hydrogen-bond acceptors (Lipinski definition) is 5. The lowest BCUT2D eigenvalue weighted by Gasteiger charge is -2.30. The van der Waals surface area contributed by atoms with Crippen LogP contribution in [0.2, 0.25) is 0 Å². The number of hydrogen-bond donors (Lipinski definition) is 1. The van der Waals surface area contributed by atoms with Crippen LogP contribution in [0.5, 0.6) is 5.75 Å². The molecule has 0 spiro atoms. The maximum Gasteiger partial charge on any atom is 0.296 e. The molecule has 1 heterocycles. The maximum atomic E-state index is 11.1. The lowest BCUT2D eigenvalue weighted by atomic mass is 10.0. The molecule has 0 radical (unpaired) electrons. The fourth-order valence-electron chi connectivity index (χ4n) is 2.28. The molecule has 6 nitrogen and oxygen atoms in total. The summed E-state index contributed by atoms with van der Waals surface area (Å²) in [4.78, 5) is 13.0. The molecule has 1 N–H and O–H groups in total. The highest BCUT2D eigenvalue weighted by molar-refractivity contribution is 5.64. The number of rotatable bonds is 4. The van der Waals surface area contributed by atoms with E-state index in [-0.39, 0.29) is 10.6 Å². The van der Waals surface area contributed by atoms with Crippen LogP contribution >= 0.6 is 0 Å². The predicted molar refractivity (Wildman–Crippen MR) is 73.8 cm³/mol. The molecule has 2 rings (SSSR count). The Kier molecular flexibility index (Phi) is 4.21. The third kappa shape index (κ3) is 3.35. The molecule has 1 aliphatic rings. The van der Waals surface area contributed by atoms with Crippen molar-refractivity contribution in [2.75, 3.05) is 32.6 Å². The van der Waals surface area contributed by atoms with E-state index >= 15 is 0 Å². The molecular weight excluding hydrogens is 246 g/mol. The third-order valence-electron chi connectivity index (χ3n) is 3.48. The predicted octanol–water partition coefficient (Wildman–Crippen LogP) is 2.11. The Morgan fingerprint density at radius 1 is 1.42 bits per heavy atom. The molecular formula is C13H19N3O3. The number of nitro groups is 1. The summed E-state index contributed by atoms with van der Waals surface area (Å²) in [5.41, 5.74) is 0.638. The summed E-state index contributed by atoms with van der Waals surface area (Å²) in [6, 6.07) is 5.21. The van der Waals surface area contributed by atoms with Crippen molar-refractivity contribution >= 4 is 11.4 Å². The summed E-state index contributed by atoms with van der Waals surface area (Å²) in [6.45, 7) is 2.03. The second-order valence-electron chi connectivity index (χ2n) is 4.86. The van der Waals surface area contributed by atoms with E-state index in [0.29, 0.717) is 17.5 Å². The number of piperidine rings is 1. The molecule has 0 aromatic heterocycles. The van der Waals surface area contributed by atoms with E-state index in [4.69, 9.17) is 4.74 Å². The van der Waals surface area contributed by atoms with Gasteiger partial charge in [0.1, 0.15) is 11.4 Å². The Hall–Kier alpha value is -1.82. The molecule has 19 heavy (non-hydrogen) atoms. The summed E-state index contributed by atoms with van der Waals surface area (Å²) < 4.78 is 5.03. The van der Waals surface area contributed by atoms with Crippen molar-refractivity contribution in [3.8, 4) is 5.75 Å². The number of anilines is 1. The van der Waals surface area contributed by atoms with Crippen LogP contribution in [0.4, 0.5) is 11.4 Å². The third-order valence-corrected chi connectivity index (χ3v) is 3.48. The minimum atomic E-state index is -0.375. The zero-order valence-corrected chi connectivity index (χ0v) is 11.3. The van der Waals surface area contributed by atoms with E-state index in [1.807, 2.05) is 0 Å². The van der Waals surface area contributed by atoms with Crippen molar-refractivity contribution in [1.82, 2.24) is 4.90 Å². The van der Waals surface area contributed by atoms with Gasteiger partial charge in [0.05, 0.1) is 18.1 Å². The minimum Gasteiger partial charge on any atom is -0.496 e. The Balaban J connectivity index is 2.13. The van der Waals surface area contributed by atoms with Gasteiger partial charge in [-0.15, -0.1) is 0 Å². The number of nitrogens with one attached hydrogen (secondary N) is 1. The van der Waals surface area contributed by atoms with E-state index in [0.717, 1.165) is 25.9 Å². The molecule has 0 bridgehead atoms. The van der Waals surface area contributed by atoms with Gasteiger partial charge in [0.2, 0.25) is 0 Å². The van der Waals surface area contributed by atoms with Crippen molar-refractivity contribution < 1.29 is 9.66 Å². The smallest absolute Gasteiger partial charge is 0.296 e. The number of methoxy groups -OCH3 is 1. The number of nitro benzene ring substituents is 1. The van der Waals surface area contributed by atoms with Crippen molar-refractivity contribution in [3.63, 3.8) is 0 Å². The average molecular weight is 265 g/mol. The van der Waals surface area contributed by atoms with Crippen molar-refractivity contribution in [1.29, 1.82) is 0 Å². The van der Waals surface area contributed by atoms with Crippen LogP contribution in [-0.4, -0.2) is 43.1 Å². The van der Waals surface area contributed by atoms with Crippen LogP contribution in [0.3, 0.4) is 0 Å². The Labute approximate surface area is 112 Å². The van der Waals surface area contributed by atoms with E-state index < -0.39 is 0 Å². The van der Waals surface area contributed by atoms with Gasteiger partial charge in [0, 0.05) is 6.04 Å². The summed E-state index contributed by atoms with van der Waals surface area (Å²) in [6.07, 6.45) is 2.00. The maximum absolute atomic E-state index is 11.1. The van der Waals surface area contributed by atoms with E-state index in [1.165, 1.54) is 13.2 Å². The van der Waals surface area contributed by atoms with E-state index in [9.17, 15) is 10.1 Å². The lowest BCUT2D eigenvalue weighted by Crippen LogP contribution is -2.36. The first-order valence-electron chi connectivity index (χ1n) is 6.37. The number of benzene rings is 1. The summed E-state index contributed by atoms with van der Waals surface area (Å²) in [7, 11) is 3.59. The van der Waals surface area contributed by atoms with Gasteiger partial charge in [-0.3, -0.25) is 10.1 Å². The van der Waals surface area contributed by atoms with Gasteiger partial charge >= 0.3 is 0 Å². The largest absolute Gasteiger partial charge is 0.496 e. The molecule has 0 unspecified atom stereocenters. The van der Waals surface area contributed by atoms with Gasteiger partial charge in [-0.05, 0) is 45.1 Å². The van der Waals surface area contributed by atoms with Crippen molar-refractivity contribution in [2.24, 2.45) is 0 Å². The summed E-state index contributed by atoms with van der Waals surface area (Å²) >= 11 is 0. The monoisotopic (exact) mass is 265 g/mol. The molecule has 1 aromatic rings. The van der Waals surface area contributed by atoms with Gasteiger partial charge < -0.3 is 15.0 Å². The van der Waals surface area contributed by atoms with Crippen LogP contribution in [0, 0.1) is 10.1 Å². The van der Waals surface area contributed by atoms with Crippen molar-refractivity contribution in [2.45, 2.75) is 18.9 Å². The fraction of sp³-hybridized carbons (Fsp3) is 0.538. The first-order chi connectivity index (χ1) is 9.10. The molecule has 1 aromatic carbocycles. The van der Waals surface area contributed by atoms with E-state index in [2.05, 4.69) is 17.3 Å². The van der Waals surface area contributed by atoms with Crippen LogP contribution < -0.4 is 10.1 Å². The molecule has 104 valence electrons. The second-order valence-corrected chi connectivity index (χ2v) is 4.86. The molecule has 1 fully saturated rings. The SMILES string of the molecule is COc1ccc(NC2CCN(C)CC2)c([N+](=O)[O-])c1. The number of ether oxygens (including phenoxy) is 1. The Morgan fingerprint density at radius 3 is 2.68 bits per heavy atom. The summed E-state index contributed by atoms with van der Waals surface area (Å²) in [5.74, 6) is 0.501. The van der Waals surface area contributed by atoms with Gasteiger partial charge in [-0.1, -0.05) is 0 Å². The molecule has 1 saturated heterocycles. The zero-order chi connectivity index (χ0) is 13.8. The first kappa shape index (κ1) is 13.6. The first-order valence-corrected chi connectivity index (χ1v) is 6.37. The second kappa shape index (κ2) is 5.88. The average Bonchev–Trinajstić information content (AvgIpc) is 2.41. The van der Waals surface area contributed by atoms with Gasteiger partial charge in [0.25, 0.3) is 5.69 Å². The van der Waals surface area contributed by atoms with Crippen LogP contribution in [-0.2, 0) is 0 Å². The quantitative estimate of drug-likeness (QED) is 0.667. The molecule has 0 amide bonds. The molecule has 1 aliphatic heterocycles. The highest BCUT2D eigenvalue weighted by atomic mass is 16.6. The standard InChI is InChI=1S/C13H19N3O3/c1-15-7-5-10(6-8-15)14-12-4-3-11(19-2)9-13(12)16(17)18/h3-4,9-10,14H,5-8H2,1-2H3. The molecule has 0 atom stereocenters. The molecule has 0 aliphatic carbocycles. The lowest BCUT2D eigenvalue weighted by molar-refractivity contribution is -0.384. The normalized spacial score (nSPS) is 17.2. The topological polar surface area (TPSA) is 67.6 Å². The van der Waals surface area contributed by atoms with Crippen LogP contribution in [0.25, 0.3) is 0 Å². The molecule has 0 saturated carbocycles. The fourth-order valence-corrected chi connectivity index (χ4v) is 2.28. The minimum absolute atomic E-state index is 0.0679. The Bertz CT molecular complexity index is 456. The van der Waals surface area contributed by atoms with Crippen molar-refractivity contribution in [3.05, 3.63) is 28.3 Å². The molecule has 6 heteroatoms. The zero-order valence-electron chi connectivity index (χ0n) is 11.3. The van der Waals surface area contributed by atoms with Gasteiger partial charge in [-0.2, -0.15) is 0 Å². The highest BCUT2D eigenvalue weighted by Crippen LogP contribution is 2.30. The van der Waals surface area contributed by atoms with Gasteiger partial charge in [0.15, 0.2) is 0 Å². The highest BCUT2D eigenvalue weighted by Gasteiger charge is 2.21. The van der Waals surface area contributed by atoms with Crippen LogP contribution in [0.1, 0.15) is 12.8 Å². The van der Waals surface area contributed by atoms with Gasteiger partial charge in [-0.25, -0.2) is 0 Å². The number of likely N-dealkylation sites (tertiary alicyclic amines) is 1. The van der Waals surface area contributed by atoms with E-state index in [1.54, 1.807) is 12.1 Å². The number of nitrogens with zero attached hydrogens (tertiary/aromatic N) is 2. The van der Waals surface area contributed by atoms with Crippen LogP contribution in [0.15, 0.2) is 18.2 Å². The Morgan fingerprint density at radius 2 is 2.11 bits per heavy atom. The summed E-state index contributed by atoms with van der Waals surface area (Å²) in [5, 5.41) is 14.4.